The fourth-order valence-electron chi connectivity index (χ4n) is 6.96. The summed E-state index contributed by atoms with van der Waals surface area (Å²) in [6, 6.07) is 5.18. The normalized spacial score (nSPS) is 27.7. The Balaban J connectivity index is 1.42. The Kier molecular flexibility index (Phi) is 5.39. The average Bonchev–Trinajstić information content (AvgIpc) is 3.37. The molecule has 2 bridgehead atoms. The minimum absolute atomic E-state index is 0.0892. The highest BCUT2D eigenvalue weighted by molar-refractivity contribution is 5.97. The fourth-order valence-corrected chi connectivity index (χ4v) is 6.96. The van der Waals surface area contributed by atoms with E-state index in [9.17, 15) is 31.5 Å². The maximum absolute atomic E-state index is 14.8. The van der Waals surface area contributed by atoms with Crippen LogP contribution in [0, 0.1) is 28.9 Å². The number of alkyl halides is 3. The van der Waals surface area contributed by atoms with Crippen molar-refractivity contribution in [2.24, 2.45) is 17.3 Å². The van der Waals surface area contributed by atoms with Gasteiger partial charge in [-0.15, -0.1) is 0 Å². The van der Waals surface area contributed by atoms with Crippen LogP contribution in [0.2, 0.25) is 0 Å². The molecule has 4 unspecified atom stereocenters. The lowest BCUT2D eigenvalue weighted by atomic mass is 9.72. The van der Waals surface area contributed by atoms with Crippen molar-refractivity contribution in [2.75, 3.05) is 11.9 Å². The van der Waals surface area contributed by atoms with E-state index in [1.165, 1.54) is 18.6 Å². The Morgan fingerprint density at radius 2 is 1.95 bits per heavy atom. The maximum Gasteiger partial charge on any atom is 0.405 e. The number of nitrogens with one attached hydrogen (secondary N) is 2. The van der Waals surface area contributed by atoms with E-state index in [2.05, 4.69) is 15.6 Å². The monoisotopic (exact) mass is 532 g/mol. The molecule has 3 fully saturated rings. The van der Waals surface area contributed by atoms with E-state index in [0.717, 1.165) is 48.6 Å². The molecule has 3 aliphatic rings. The molecule has 4 atom stereocenters. The second kappa shape index (κ2) is 8.25. The molecule has 3 saturated carbocycles. The van der Waals surface area contributed by atoms with Crippen molar-refractivity contribution in [3.63, 3.8) is 0 Å². The van der Waals surface area contributed by atoms with E-state index in [0.29, 0.717) is 17.9 Å². The molecule has 2 aromatic heterocycles. The molecule has 2 heterocycles. The maximum atomic E-state index is 14.8. The minimum atomic E-state index is -4.52. The molecular weight excluding hydrogens is 507 g/mol. The quantitative estimate of drug-likeness (QED) is 0.436. The highest BCUT2D eigenvalue weighted by atomic mass is 19.4. The SMILES string of the molecule is CC1(NC(=O)c2cn(-c3ccc(F)cc3F)c3nc(NCC(F)(F)F)ccc3c2=O)CC2CC3CC3(C2)C1. The topological polar surface area (TPSA) is 76.0 Å². The second-order valence-electron chi connectivity index (χ2n) is 11.3. The van der Waals surface area contributed by atoms with E-state index in [1.54, 1.807) is 0 Å². The van der Waals surface area contributed by atoms with Crippen LogP contribution in [0.5, 0.6) is 0 Å². The zero-order valence-corrected chi connectivity index (χ0v) is 20.5. The van der Waals surface area contributed by atoms with Gasteiger partial charge in [-0.3, -0.25) is 14.2 Å². The molecule has 1 aromatic carbocycles. The summed E-state index contributed by atoms with van der Waals surface area (Å²) in [4.78, 5) is 31.0. The predicted molar refractivity (Wildman–Crippen MR) is 130 cm³/mol. The molecule has 0 saturated heterocycles. The Labute approximate surface area is 214 Å². The van der Waals surface area contributed by atoms with Gasteiger partial charge in [0.2, 0.25) is 5.43 Å². The van der Waals surface area contributed by atoms with Crippen molar-refractivity contribution in [3.05, 3.63) is 63.9 Å². The molecule has 0 radical (unpaired) electrons. The van der Waals surface area contributed by atoms with Gasteiger partial charge in [0.05, 0.1) is 11.1 Å². The average molecular weight is 533 g/mol. The summed E-state index contributed by atoms with van der Waals surface area (Å²) in [5.74, 6) is -1.42. The first-order valence-corrected chi connectivity index (χ1v) is 12.5. The summed E-state index contributed by atoms with van der Waals surface area (Å²) in [5, 5.41) is 5.10. The van der Waals surface area contributed by atoms with Gasteiger partial charge in [0.1, 0.15) is 29.6 Å². The highest BCUT2D eigenvalue weighted by Gasteiger charge is 2.65. The number of rotatable bonds is 5. The van der Waals surface area contributed by atoms with Gasteiger partial charge in [0, 0.05) is 17.8 Å². The van der Waals surface area contributed by atoms with Crippen molar-refractivity contribution < 1.29 is 26.7 Å². The summed E-state index contributed by atoms with van der Waals surface area (Å²) in [5.41, 5.74) is -1.56. The van der Waals surface area contributed by atoms with E-state index in [1.807, 2.05) is 6.92 Å². The van der Waals surface area contributed by atoms with Crippen LogP contribution in [0.15, 0.2) is 41.3 Å². The molecule has 6 rings (SSSR count). The Bertz CT molecular complexity index is 1540. The molecule has 1 amide bonds. The van der Waals surface area contributed by atoms with Crippen molar-refractivity contribution in [2.45, 2.75) is 50.7 Å². The number of hydrogen-bond acceptors (Lipinski definition) is 4. The predicted octanol–water partition coefficient (Wildman–Crippen LogP) is 5.34. The van der Waals surface area contributed by atoms with Crippen LogP contribution >= 0.6 is 0 Å². The molecule has 3 aromatic rings. The summed E-state index contributed by atoms with van der Waals surface area (Å²) in [6.45, 7) is 0.613. The second-order valence-corrected chi connectivity index (χ2v) is 11.3. The summed E-state index contributed by atoms with van der Waals surface area (Å²) >= 11 is 0. The van der Waals surface area contributed by atoms with E-state index >= 15 is 0 Å². The van der Waals surface area contributed by atoms with Crippen LogP contribution in [0.3, 0.4) is 0 Å². The number of benzene rings is 1. The van der Waals surface area contributed by atoms with E-state index < -0.39 is 41.2 Å². The Morgan fingerprint density at radius 3 is 2.66 bits per heavy atom. The van der Waals surface area contributed by atoms with Crippen LogP contribution in [0.4, 0.5) is 27.8 Å². The molecule has 0 aliphatic heterocycles. The third-order valence-corrected chi connectivity index (χ3v) is 8.30. The van der Waals surface area contributed by atoms with Crippen LogP contribution in [0.1, 0.15) is 49.4 Å². The number of amides is 1. The molecule has 1 spiro atoms. The number of aromatic nitrogens is 2. The third-order valence-electron chi connectivity index (χ3n) is 8.30. The number of carbonyl (C=O) groups excluding carboxylic acids is 1. The lowest BCUT2D eigenvalue weighted by Crippen LogP contribution is -2.51. The fraction of sp³-hybridized carbons (Fsp3) is 0.444. The zero-order valence-electron chi connectivity index (χ0n) is 20.5. The summed E-state index contributed by atoms with van der Waals surface area (Å²) in [6.07, 6.45) is 1.74. The number of carbonyl (C=O) groups is 1. The molecule has 38 heavy (non-hydrogen) atoms. The van der Waals surface area contributed by atoms with Crippen molar-refractivity contribution in [1.82, 2.24) is 14.9 Å². The lowest BCUT2D eigenvalue weighted by molar-refractivity contribution is -0.115. The van der Waals surface area contributed by atoms with Gasteiger partial charge in [-0.05, 0) is 80.5 Å². The van der Waals surface area contributed by atoms with Gasteiger partial charge in [-0.2, -0.15) is 13.2 Å². The number of halogens is 5. The molecule has 3 aliphatic carbocycles. The minimum Gasteiger partial charge on any atom is -0.361 e. The van der Waals surface area contributed by atoms with E-state index in [-0.39, 0.29) is 33.5 Å². The van der Waals surface area contributed by atoms with Crippen LogP contribution in [-0.2, 0) is 0 Å². The van der Waals surface area contributed by atoms with Crippen LogP contribution in [0.25, 0.3) is 16.7 Å². The zero-order chi connectivity index (χ0) is 27.0. The first kappa shape index (κ1) is 24.8. The number of nitrogens with zero attached hydrogens (tertiary/aromatic N) is 2. The Morgan fingerprint density at radius 1 is 1.16 bits per heavy atom. The standard InChI is InChI=1S/C27H25F5N4O2/c1-25(8-14-6-15-10-26(15,9-14)12-25)35-24(38)18-11-36(20-4-2-16(28)7-19(20)29)23-17(22(18)37)3-5-21(34-23)33-13-27(30,31)32/h2-5,7,11,14-15H,6,8-10,12-13H2,1H3,(H,33,34)(H,35,38). The highest BCUT2D eigenvalue weighted by Crippen LogP contribution is 2.72. The van der Waals surface area contributed by atoms with Gasteiger partial charge < -0.3 is 10.6 Å². The van der Waals surface area contributed by atoms with Gasteiger partial charge in [0.15, 0.2) is 5.65 Å². The number of hydrogen-bond donors (Lipinski definition) is 2. The summed E-state index contributed by atoms with van der Waals surface area (Å²) in [7, 11) is 0. The summed E-state index contributed by atoms with van der Waals surface area (Å²) < 4.78 is 67.7. The molecule has 11 heteroatoms. The molecule has 6 nitrogen and oxygen atoms in total. The van der Waals surface area contributed by atoms with Crippen molar-refractivity contribution in [1.29, 1.82) is 0 Å². The van der Waals surface area contributed by atoms with Gasteiger partial charge >= 0.3 is 6.18 Å². The van der Waals surface area contributed by atoms with Gasteiger partial charge in [0.25, 0.3) is 5.91 Å². The lowest BCUT2D eigenvalue weighted by Gasteiger charge is -2.40. The van der Waals surface area contributed by atoms with Gasteiger partial charge in [-0.1, -0.05) is 0 Å². The van der Waals surface area contributed by atoms with Crippen LogP contribution < -0.4 is 16.1 Å². The molecular formula is C27H25F5N4O2. The van der Waals surface area contributed by atoms with Crippen molar-refractivity contribution in [3.8, 4) is 5.69 Å². The largest absolute Gasteiger partial charge is 0.405 e. The Hall–Kier alpha value is -3.50. The van der Waals surface area contributed by atoms with Crippen LogP contribution in [-0.4, -0.2) is 33.7 Å². The third kappa shape index (κ3) is 4.31. The number of pyridine rings is 2. The van der Waals surface area contributed by atoms with Crippen molar-refractivity contribution >= 4 is 22.8 Å². The smallest absolute Gasteiger partial charge is 0.361 e. The number of anilines is 1. The number of fused-ring (bicyclic) bond motifs is 2. The first-order chi connectivity index (χ1) is 17.8. The molecule has 200 valence electrons. The van der Waals surface area contributed by atoms with Gasteiger partial charge in [-0.25, -0.2) is 13.8 Å². The molecule has 2 N–H and O–H groups in total. The first-order valence-electron chi connectivity index (χ1n) is 12.5. The van der Waals surface area contributed by atoms with E-state index in [4.69, 9.17) is 0 Å².